The van der Waals surface area contributed by atoms with Crippen molar-refractivity contribution in [3.63, 3.8) is 0 Å². The number of pyridine rings is 1. The molecular weight excluding hydrogens is 258 g/mol. The van der Waals surface area contributed by atoms with Crippen LogP contribution in [0, 0.1) is 0 Å². The van der Waals surface area contributed by atoms with Crippen LogP contribution in [-0.4, -0.2) is 15.9 Å². The van der Waals surface area contributed by atoms with Gasteiger partial charge in [-0.2, -0.15) is 0 Å². The molecule has 5 heteroatoms. The van der Waals surface area contributed by atoms with E-state index in [1.807, 2.05) is 29.6 Å². The molecule has 2 aromatic heterocycles. The number of nitrogens with one attached hydrogen (secondary N) is 1. The first-order valence-corrected chi connectivity index (χ1v) is 6.77. The van der Waals surface area contributed by atoms with Crippen LogP contribution in [0.1, 0.15) is 5.69 Å². The SMILES string of the molecule is O=C(Cc1cscn1)Nc1cccc2cnccc12. The average molecular weight is 269 g/mol. The van der Waals surface area contributed by atoms with Crippen LogP contribution in [0.5, 0.6) is 0 Å². The average Bonchev–Trinajstić information content (AvgIpc) is 2.92. The highest BCUT2D eigenvalue weighted by Crippen LogP contribution is 2.22. The highest BCUT2D eigenvalue weighted by Gasteiger charge is 2.07. The summed E-state index contributed by atoms with van der Waals surface area (Å²) in [6, 6.07) is 7.66. The summed E-state index contributed by atoms with van der Waals surface area (Å²) in [5.74, 6) is -0.0600. The topological polar surface area (TPSA) is 54.9 Å². The van der Waals surface area contributed by atoms with Gasteiger partial charge < -0.3 is 5.32 Å². The maximum atomic E-state index is 12.0. The predicted molar refractivity (Wildman–Crippen MR) is 76.2 cm³/mol. The van der Waals surface area contributed by atoms with Crippen molar-refractivity contribution >= 4 is 33.7 Å². The van der Waals surface area contributed by atoms with Crippen LogP contribution in [0.3, 0.4) is 0 Å². The Morgan fingerprint density at radius 3 is 3.11 bits per heavy atom. The zero-order valence-electron chi connectivity index (χ0n) is 10.0. The number of benzene rings is 1. The molecule has 0 radical (unpaired) electrons. The van der Waals surface area contributed by atoms with Gasteiger partial charge in [0.05, 0.1) is 17.6 Å². The van der Waals surface area contributed by atoms with Crippen molar-refractivity contribution in [1.82, 2.24) is 9.97 Å². The number of aromatic nitrogens is 2. The Labute approximate surface area is 114 Å². The van der Waals surface area contributed by atoms with Crippen LogP contribution >= 0.6 is 11.3 Å². The lowest BCUT2D eigenvalue weighted by Gasteiger charge is -2.07. The monoisotopic (exact) mass is 269 g/mol. The number of carbonyl (C=O) groups is 1. The quantitative estimate of drug-likeness (QED) is 0.795. The fourth-order valence-electron chi connectivity index (χ4n) is 1.92. The minimum Gasteiger partial charge on any atom is -0.325 e. The van der Waals surface area contributed by atoms with E-state index in [2.05, 4.69) is 15.3 Å². The maximum absolute atomic E-state index is 12.0. The van der Waals surface area contributed by atoms with Gasteiger partial charge in [-0.15, -0.1) is 11.3 Å². The van der Waals surface area contributed by atoms with Crippen LogP contribution in [0.25, 0.3) is 10.8 Å². The molecule has 0 unspecified atom stereocenters. The van der Waals surface area contributed by atoms with E-state index in [0.29, 0.717) is 6.42 Å². The highest BCUT2D eigenvalue weighted by molar-refractivity contribution is 7.07. The second kappa shape index (κ2) is 5.16. The number of hydrogen-bond donors (Lipinski definition) is 1. The van der Waals surface area contributed by atoms with Gasteiger partial charge in [0.15, 0.2) is 0 Å². The summed E-state index contributed by atoms with van der Waals surface area (Å²) in [6.45, 7) is 0. The Hall–Kier alpha value is -2.27. The summed E-state index contributed by atoms with van der Waals surface area (Å²) >= 11 is 1.49. The number of anilines is 1. The van der Waals surface area contributed by atoms with Gasteiger partial charge in [-0.3, -0.25) is 9.78 Å². The fraction of sp³-hybridized carbons (Fsp3) is 0.0714. The van der Waals surface area contributed by atoms with Crippen LogP contribution in [0.15, 0.2) is 47.5 Å². The summed E-state index contributed by atoms with van der Waals surface area (Å²) < 4.78 is 0. The van der Waals surface area contributed by atoms with E-state index in [9.17, 15) is 4.79 Å². The van der Waals surface area contributed by atoms with Gasteiger partial charge >= 0.3 is 0 Å². The van der Waals surface area contributed by atoms with Crippen molar-refractivity contribution in [3.8, 4) is 0 Å². The zero-order valence-corrected chi connectivity index (χ0v) is 10.9. The van der Waals surface area contributed by atoms with Crippen molar-refractivity contribution in [2.45, 2.75) is 6.42 Å². The summed E-state index contributed by atoms with van der Waals surface area (Å²) in [7, 11) is 0. The molecule has 4 nitrogen and oxygen atoms in total. The minimum absolute atomic E-state index is 0.0600. The van der Waals surface area contributed by atoms with Crippen LogP contribution in [0.4, 0.5) is 5.69 Å². The summed E-state index contributed by atoms with van der Waals surface area (Å²) in [5.41, 5.74) is 3.33. The Morgan fingerprint density at radius 1 is 1.32 bits per heavy atom. The first kappa shape index (κ1) is 11.8. The molecule has 0 fully saturated rings. The zero-order chi connectivity index (χ0) is 13.1. The van der Waals surface area contributed by atoms with Crippen molar-refractivity contribution in [3.05, 3.63) is 53.2 Å². The first-order chi connectivity index (χ1) is 9.33. The Balaban J connectivity index is 1.83. The lowest BCUT2D eigenvalue weighted by Crippen LogP contribution is -2.14. The van der Waals surface area contributed by atoms with E-state index in [-0.39, 0.29) is 5.91 Å². The molecule has 0 atom stereocenters. The van der Waals surface area contributed by atoms with Crippen LogP contribution in [-0.2, 0) is 11.2 Å². The molecule has 0 bridgehead atoms. The van der Waals surface area contributed by atoms with Crippen molar-refractivity contribution < 1.29 is 4.79 Å². The molecule has 1 aromatic carbocycles. The Bertz CT molecular complexity index is 704. The summed E-state index contributed by atoms with van der Waals surface area (Å²) in [6.07, 6.45) is 3.80. The van der Waals surface area contributed by atoms with Crippen molar-refractivity contribution in [1.29, 1.82) is 0 Å². The lowest BCUT2D eigenvalue weighted by molar-refractivity contribution is -0.115. The molecule has 0 aliphatic carbocycles. The summed E-state index contributed by atoms with van der Waals surface area (Å²) in [4.78, 5) is 20.1. The van der Waals surface area contributed by atoms with Crippen LogP contribution < -0.4 is 5.32 Å². The molecule has 1 N–H and O–H groups in total. The summed E-state index contributed by atoms with van der Waals surface area (Å²) in [5, 5.41) is 6.80. The van der Waals surface area contributed by atoms with Gasteiger partial charge in [0, 0.05) is 34.2 Å². The molecule has 0 aliphatic rings. The highest BCUT2D eigenvalue weighted by atomic mass is 32.1. The number of fused-ring (bicyclic) bond motifs is 1. The number of thiazole rings is 1. The van der Waals surface area contributed by atoms with Gasteiger partial charge in [0.25, 0.3) is 0 Å². The Kier molecular flexibility index (Phi) is 3.20. The Morgan fingerprint density at radius 2 is 2.26 bits per heavy atom. The molecule has 1 amide bonds. The molecule has 2 heterocycles. The first-order valence-electron chi connectivity index (χ1n) is 5.82. The molecule has 0 saturated carbocycles. The van der Waals surface area contributed by atoms with E-state index in [4.69, 9.17) is 0 Å². The largest absolute Gasteiger partial charge is 0.325 e. The van der Waals surface area contributed by atoms with Gasteiger partial charge in [-0.05, 0) is 12.1 Å². The molecule has 0 spiro atoms. The molecule has 3 aromatic rings. The van der Waals surface area contributed by atoms with Gasteiger partial charge in [-0.25, -0.2) is 4.98 Å². The van der Waals surface area contributed by atoms with Gasteiger partial charge in [0.2, 0.25) is 5.91 Å². The molecule has 3 rings (SSSR count). The number of hydrogen-bond acceptors (Lipinski definition) is 4. The molecule has 94 valence electrons. The molecular formula is C14H11N3OS. The van der Waals surface area contributed by atoms with E-state index < -0.39 is 0 Å². The van der Waals surface area contributed by atoms with Crippen molar-refractivity contribution in [2.75, 3.05) is 5.32 Å². The third-order valence-electron chi connectivity index (χ3n) is 2.78. The third-order valence-corrected chi connectivity index (χ3v) is 3.42. The lowest BCUT2D eigenvalue weighted by atomic mass is 10.1. The van der Waals surface area contributed by atoms with E-state index in [1.165, 1.54) is 11.3 Å². The van der Waals surface area contributed by atoms with E-state index >= 15 is 0 Å². The molecule has 0 aliphatic heterocycles. The van der Waals surface area contributed by atoms with E-state index in [0.717, 1.165) is 22.2 Å². The number of amides is 1. The molecule has 19 heavy (non-hydrogen) atoms. The fourth-order valence-corrected chi connectivity index (χ4v) is 2.47. The number of nitrogens with zero attached hydrogens (tertiary/aromatic N) is 2. The third kappa shape index (κ3) is 2.61. The second-order valence-electron chi connectivity index (χ2n) is 4.11. The predicted octanol–water partition coefficient (Wildman–Crippen LogP) is 2.87. The van der Waals surface area contributed by atoms with Crippen LogP contribution in [0.2, 0.25) is 0 Å². The smallest absolute Gasteiger partial charge is 0.230 e. The minimum atomic E-state index is -0.0600. The standard InChI is InChI=1S/C14H11N3OS/c18-14(6-11-8-19-9-16-11)17-13-3-1-2-10-7-15-5-4-12(10)13/h1-5,7-9H,6H2,(H,17,18). The number of carbonyl (C=O) groups excluding carboxylic acids is 1. The van der Waals surface area contributed by atoms with Gasteiger partial charge in [0.1, 0.15) is 0 Å². The normalized spacial score (nSPS) is 10.5. The molecule has 0 saturated heterocycles. The van der Waals surface area contributed by atoms with E-state index in [1.54, 1.807) is 17.9 Å². The maximum Gasteiger partial charge on any atom is 0.230 e. The van der Waals surface area contributed by atoms with Crippen molar-refractivity contribution in [2.24, 2.45) is 0 Å². The number of rotatable bonds is 3. The van der Waals surface area contributed by atoms with Gasteiger partial charge in [-0.1, -0.05) is 12.1 Å². The second-order valence-corrected chi connectivity index (χ2v) is 4.83.